The van der Waals surface area contributed by atoms with Crippen molar-refractivity contribution < 1.29 is 14.4 Å². The van der Waals surface area contributed by atoms with Crippen LogP contribution < -0.4 is 15.1 Å². The number of carbonyl (C=O) groups excluding carboxylic acids is 1. The van der Waals surface area contributed by atoms with E-state index in [4.69, 9.17) is 9.72 Å². The molecular formula is C21H30N5O2S+. The van der Waals surface area contributed by atoms with Crippen LogP contribution in [0.15, 0.2) is 35.5 Å². The second kappa shape index (κ2) is 10.6. The molecule has 1 fully saturated rings. The van der Waals surface area contributed by atoms with Crippen molar-refractivity contribution in [2.75, 3.05) is 58.4 Å². The summed E-state index contributed by atoms with van der Waals surface area (Å²) in [5.41, 5.74) is 2.71. The van der Waals surface area contributed by atoms with Gasteiger partial charge in [0.1, 0.15) is 5.82 Å². The fourth-order valence-electron chi connectivity index (χ4n) is 3.19. The third kappa shape index (κ3) is 6.42. The molecule has 8 heteroatoms. The average molecular weight is 417 g/mol. The Hall–Kier alpha value is -2.16. The fourth-order valence-corrected chi connectivity index (χ4v) is 4.03. The minimum absolute atomic E-state index is 0.0832. The molecule has 1 saturated heterocycles. The van der Waals surface area contributed by atoms with Crippen LogP contribution in [-0.2, 0) is 10.5 Å². The van der Waals surface area contributed by atoms with Gasteiger partial charge >= 0.3 is 0 Å². The zero-order valence-electron chi connectivity index (χ0n) is 17.4. The van der Waals surface area contributed by atoms with Crippen LogP contribution in [0.5, 0.6) is 0 Å². The fraction of sp³-hybridized carbons (Fsp3) is 0.476. The zero-order chi connectivity index (χ0) is 20.6. The summed E-state index contributed by atoms with van der Waals surface area (Å²) < 4.78 is 4.97. The van der Waals surface area contributed by atoms with Crippen LogP contribution in [-0.4, -0.2) is 69.4 Å². The largest absolute Gasteiger partial charge is 0.383 e. The summed E-state index contributed by atoms with van der Waals surface area (Å²) in [6, 6.07) is 9.76. The van der Waals surface area contributed by atoms with Gasteiger partial charge in [-0.3, -0.25) is 4.79 Å². The summed E-state index contributed by atoms with van der Waals surface area (Å²) in [5.74, 6) is 1.65. The molecule has 156 valence electrons. The number of nitrogens with one attached hydrogen (secondary N) is 2. The molecule has 0 aliphatic carbocycles. The number of benzene rings is 1. The number of hydrogen-bond donors (Lipinski definition) is 2. The summed E-state index contributed by atoms with van der Waals surface area (Å²) in [6.45, 7) is 7.32. The zero-order valence-corrected chi connectivity index (χ0v) is 18.2. The first kappa shape index (κ1) is 21.5. The first-order valence-electron chi connectivity index (χ1n) is 9.96. The molecule has 29 heavy (non-hydrogen) atoms. The van der Waals surface area contributed by atoms with E-state index in [1.807, 2.05) is 31.2 Å². The van der Waals surface area contributed by atoms with Crippen LogP contribution in [0.2, 0.25) is 0 Å². The predicted octanol–water partition coefficient (Wildman–Crippen LogP) is 0.788. The summed E-state index contributed by atoms with van der Waals surface area (Å²) in [6.07, 6.45) is 0. The van der Waals surface area contributed by atoms with Gasteiger partial charge in [-0.1, -0.05) is 23.9 Å². The first-order valence-corrected chi connectivity index (χ1v) is 10.9. The topological polar surface area (TPSA) is 71.8 Å². The Balaban J connectivity index is 1.62. The molecule has 2 N–H and O–H groups in total. The molecule has 0 radical (unpaired) electrons. The van der Waals surface area contributed by atoms with Gasteiger partial charge in [0.25, 0.3) is 5.91 Å². The normalized spacial score (nSPS) is 14.8. The molecule has 1 amide bonds. The number of nitrogens with zero attached hydrogens (tertiary/aromatic N) is 3. The summed E-state index contributed by atoms with van der Waals surface area (Å²) in [7, 11) is 3.85. The van der Waals surface area contributed by atoms with Gasteiger partial charge < -0.3 is 19.9 Å². The van der Waals surface area contributed by atoms with Crippen molar-refractivity contribution in [3.63, 3.8) is 0 Å². The van der Waals surface area contributed by atoms with Crippen LogP contribution in [0.4, 0.5) is 5.82 Å². The molecule has 2 heterocycles. The lowest BCUT2D eigenvalue weighted by atomic mass is 10.1. The molecule has 0 bridgehead atoms. The SMILES string of the molecule is COCCNC(=O)c1cccc(CSc2nc(C)cc(N3CC[NH+](C)CC3)n2)c1. The van der Waals surface area contributed by atoms with Gasteiger partial charge in [0.05, 0.1) is 39.8 Å². The highest BCUT2D eigenvalue weighted by Crippen LogP contribution is 2.23. The lowest BCUT2D eigenvalue weighted by Gasteiger charge is -2.31. The van der Waals surface area contributed by atoms with Crippen LogP contribution in [0.25, 0.3) is 0 Å². The molecule has 0 spiro atoms. The molecular weight excluding hydrogens is 386 g/mol. The smallest absolute Gasteiger partial charge is 0.251 e. The van der Waals surface area contributed by atoms with Gasteiger partial charge in [0.15, 0.2) is 5.16 Å². The number of anilines is 1. The maximum absolute atomic E-state index is 12.2. The Morgan fingerprint density at radius 2 is 2.07 bits per heavy atom. The van der Waals surface area contributed by atoms with E-state index in [2.05, 4.69) is 28.3 Å². The van der Waals surface area contributed by atoms with Gasteiger partial charge in [-0.05, 0) is 24.6 Å². The minimum Gasteiger partial charge on any atom is -0.383 e. The highest BCUT2D eigenvalue weighted by atomic mass is 32.2. The monoisotopic (exact) mass is 416 g/mol. The maximum atomic E-state index is 12.2. The molecule has 1 aromatic carbocycles. The highest BCUT2D eigenvalue weighted by molar-refractivity contribution is 7.98. The molecule has 0 saturated carbocycles. The number of thioether (sulfide) groups is 1. The number of methoxy groups -OCH3 is 1. The molecule has 7 nitrogen and oxygen atoms in total. The summed E-state index contributed by atoms with van der Waals surface area (Å²) >= 11 is 1.60. The van der Waals surface area contributed by atoms with Crippen molar-refractivity contribution in [3.8, 4) is 0 Å². The van der Waals surface area contributed by atoms with Crippen molar-refractivity contribution in [1.82, 2.24) is 15.3 Å². The van der Waals surface area contributed by atoms with Gasteiger partial charge in [0, 0.05) is 36.7 Å². The van der Waals surface area contributed by atoms with Crippen molar-refractivity contribution in [3.05, 3.63) is 47.2 Å². The Bertz CT molecular complexity index is 824. The van der Waals surface area contributed by atoms with E-state index in [0.717, 1.165) is 54.2 Å². The Morgan fingerprint density at radius 3 is 2.83 bits per heavy atom. The molecule has 1 aromatic heterocycles. The minimum atomic E-state index is -0.0832. The van der Waals surface area contributed by atoms with E-state index in [0.29, 0.717) is 18.7 Å². The number of rotatable bonds is 8. The highest BCUT2D eigenvalue weighted by Gasteiger charge is 2.19. The van der Waals surface area contributed by atoms with Gasteiger partial charge in [-0.15, -0.1) is 0 Å². The molecule has 2 aromatic rings. The lowest BCUT2D eigenvalue weighted by molar-refractivity contribution is -0.880. The number of aromatic nitrogens is 2. The van der Waals surface area contributed by atoms with Crippen molar-refractivity contribution in [1.29, 1.82) is 0 Å². The van der Waals surface area contributed by atoms with E-state index in [-0.39, 0.29) is 5.91 Å². The van der Waals surface area contributed by atoms with Crippen molar-refractivity contribution in [2.45, 2.75) is 17.8 Å². The van der Waals surface area contributed by atoms with Crippen molar-refractivity contribution in [2.24, 2.45) is 0 Å². The van der Waals surface area contributed by atoms with E-state index in [9.17, 15) is 4.79 Å². The number of ether oxygens (including phenoxy) is 1. The number of carbonyl (C=O) groups is 1. The third-order valence-electron chi connectivity index (χ3n) is 4.91. The number of hydrogen-bond acceptors (Lipinski definition) is 6. The molecule has 1 aliphatic rings. The average Bonchev–Trinajstić information content (AvgIpc) is 2.73. The van der Waals surface area contributed by atoms with E-state index < -0.39 is 0 Å². The second-order valence-corrected chi connectivity index (χ2v) is 8.27. The second-order valence-electron chi connectivity index (χ2n) is 7.33. The van der Waals surface area contributed by atoms with E-state index in [1.54, 1.807) is 23.8 Å². The quantitative estimate of drug-likeness (QED) is 0.377. The molecule has 3 rings (SSSR count). The first-order chi connectivity index (χ1) is 14.0. The predicted molar refractivity (Wildman–Crippen MR) is 116 cm³/mol. The number of likely N-dealkylation sites (N-methyl/N-ethyl adjacent to an activating group) is 1. The molecule has 1 aliphatic heterocycles. The van der Waals surface area contributed by atoms with Gasteiger partial charge in [-0.2, -0.15) is 0 Å². The molecule has 0 atom stereocenters. The van der Waals surface area contributed by atoms with E-state index >= 15 is 0 Å². The maximum Gasteiger partial charge on any atom is 0.251 e. The van der Waals surface area contributed by atoms with Crippen LogP contribution >= 0.6 is 11.8 Å². The Morgan fingerprint density at radius 1 is 1.28 bits per heavy atom. The van der Waals surface area contributed by atoms with Crippen LogP contribution in [0.3, 0.4) is 0 Å². The van der Waals surface area contributed by atoms with Crippen molar-refractivity contribution >= 4 is 23.5 Å². The molecule has 0 unspecified atom stereocenters. The summed E-state index contributed by atoms with van der Waals surface area (Å²) in [5, 5.41) is 3.63. The Labute approximate surface area is 176 Å². The third-order valence-corrected chi connectivity index (χ3v) is 5.83. The van der Waals surface area contributed by atoms with Crippen LogP contribution in [0.1, 0.15) is 21.6 Å². The lowest BCUT2D eigenvalue weighted by Crippen LogP contribution is -3.12. The number of amides is 1. The van der Waals surface area contributed by atoms with Gasteiger partial charge in [0.2, 0.25) is 0 Å². The number of quaternary nitrogens is 1. The number of piperazine rings is 1. The van der Waals surface area contributed by atoms with Gasteiger partial charge in [-0.25, -0.2) is 9.97 Å². The summed E-state index contributed by atoms with van der Waals surface area (Å²) in [4.78, 5) is 25.5. The number of aryl methyl sites for hydroxylation is 1. The van der Waals surface area contributed by atoms with E-state index in [1.165, 1.54) is 0 Å². The van der Waals surface area contributed by atoms with Crippen LogP contribution in [0, 0.1) is 6.92 Å². The standard InChI is InChI=1S/C21H29N5O2S/c1-16-13-19(26-10-8-25(2)9-11-26)24-21(23-16)29-15-17-5-4-6-18(14-17)20(27)22-7-12-28-3/h4-6,13-14H,7-12,15H2,1-3H3,(H,22,27)/p+1. The Kier molecular flexibility index (Phi) is 7.85.